The van der Waals surface area contributed by atoms with E-state index in [0.717, 1.165) is 11.3 Å². The molecule has 1 aromatic heterocycles. The van der Waals surface area contributed by atoms with Crippen molar-refractivity contribution in [2.75, 3.05) is 0 Å². The van der Waals surface area contributed by atoms with E-state index < -0.39 is 0 Å². The first-order valence-electron chi connectivity index (χ1n) is 8.00. The Bertz CT molecular complexity index is 1010. The largest absolute Gasteiger partial charge is 0.289 e. The average Bonchev–Trinajstić information content (AvgIpc) is 3.19. The van der Waals surface area contributed by atoms with Crippen LogP contribution in [-0.2, 0) is 0 Å². The van der Waals surface area contributed by atoms with Gasteiger partial charge < -0.3 is 0 Å². The molecule has 120 valence electrons. The molecule has 4 heteroatoms. The summed E-state index contributed by atoms with van der Waals surface area (Å²) in [6.45, 7) is 0. The van der Waals surface area contributed by atoms with Crippen molar-refractivity contribution in [3.63, 3.8) is 0 Å². The zero-order valence-corrected chi connectivity index (χ0v) is 13.4. The summed E-state index contributed by atoms with van der Waals surface area (Å²) >= 11 is 0. The molecular formula is C21H15N3O. The van der Waals surface area contributed by atoms with Crippen molar-refractivity contribution >= 4 is 5.78 Å². The van der Waals surface area contributed by atoms with Crippen LogP contribution in [0.4, 0.5) is 0 Å². The van der Waals surface area contributed by atoms with Crippen molar-refractivity contribution in [1.29, 1.82) is 0 Å². The van der Waals surface area contributed by atoms with Crippen LogP contribution >= 0.6 is 0 Å². The Labute approximate surface area is 145 Å². The predicted molar refractivity (Wildman–Crippen MR) is 96.7 cm³/mol. The maximum absolute atomic E-state index is 12.9. The highest BCUT2D eigenvalue weighted by molar-refractivity contribution is 6.12. The molecule has 3 aromatic carbocycles. The van der Waals surface area contributed by atoms with Crippen molar-refractivity contribution in [3.8, 4) is 16.9 Å². The molecule has 0 unspecified atom stereocenters. The van der Waals surface area contributed by atoms with Gasteiger partial charge in [0.2, 0.25) is 0 Å². The maximum atomic E-state index is 12.9. The van der Waals surface area contributed by atoms with Crippen LogP contribution in [0.2, 0.25) is 0 Å². The highest BCUT2D eigenvalue weighted by Crippen LogP contribution is 2.24. The van der Waals surface area contributed by atoms with Crippen LogP contribution in [0.25, 0.3) is 16.9 Å². The molecule has 4 aromatic rings. The molecule has 0 aliphatic heterocycles. The number of para-hydroxylation sites is 1. The Morgan fingerprint density at radius 3 is 2.16 bits per heavy atom. The van der Waals surface area contributed by atoms with E-state index in [4.69, 9.17) is 0 Å². The summed E-state index contributed by atoms with van der Waals surface area (Å²) in [7, 11) is 0. The van der Waals surface area contributed by atoms with Gasteiger partial charge in [-0.3, -0.25) is 4.79 Å². The SMILES string of the molecule is O=C(c1ccccc1)c1ccccc1-c1cn(-c2ccccc2)nn1. The smallest absolute Gasteiger partial charge is 0.193 e. The summed E-state index contributed by atoms with van der Waals surface area (Å²) in [5.74, 6) is -0.0227. The Hall–Kier alpha value is -3.53. The minimum absolute atomic E-state index is 0.0227. The predicted octanol–water partition coefficient (Wildman–Crippen LogP) is 4.17. The molecule has 0 N–H and O–H groups in total. The summed E-state index contributed by atoms with van der Waals surface area (Å²) in [4.78, 5) is 12.9. The van der Waals surface area contributed by atoms with Gasteiger partial charge in [0.05, 0.1) is 11.9 Å². The van der Waals surface area contributed by atoms with Crippen molar-refractivity contribution in [2.45, 2.75) is 0 Å². The molecule has 4 rings (SSSR count). The summed E-state index contributed by atoms with van der Waals surface area (Å²) in [6, 6.07) is 26.5. The number of nitrogens with zero attached hydrogens (tertiary/aromatic N) is 3. The first-order chi connectivity index (χ1) is 12.3. The van der Waals surface area contributed by atoms with Crippen LogP contribution in [0.5, 0.6) is 0 Å². The van der Waals surface area contributed by atoms with Gasteiger partial charge >= 0.3 is 0 Å². The second kappa shape index (κ2) is 6.53. The molecule has 0 aliphatic rings. The molecule has 0 atom stereocenters. The Balaban J connectivity index is 1.75. The standard InChI is InChI=1S/C21H15N3O/c25-21(16-9-3-1-4-10-16)19-14-8-7-13-18(19)20-15-24(23-22-20)17-11-5-2-6-12-17/h1-15H. The van der Waals surface area contributed by atoms with Gasteiger partial charge in [0, 0.05) is 16.7 Å². The van der Waals surface area contributed by atoms with Crippen LogP contribution in [-0.4, -0.2) is 20.8 Å². The number of ketones is 1. The fourth-order valence-corrected chi connectivity index (χ4v) is 2.74. The molecule has 1 heterocycles. The van der Waals surface area contributed by atoms with Gasteiger partial charge in [-0.15, -0.1) is 5.10 Å². The monoisotopic (exact) mass is 325 g/mol. The zero-order chi connectivity index (χ0) is 17.1. The third-order valence-corrected chi connectivity index (χ3v) is 4.00. The van der Waals surface area contributed by atoms with Crippen LogP contribution in [0.1, 0.15) is 15.9 Å². The molecule has 0 spiro atoms. The van der Waals surface area contributed by atoms with Crippen molar-refractivity contribution in [3.05, 3.63) is 102 Å². The average molecular weight is 325 g/mol. The summed E-state index contributed by atoms with van der Waals surface area (Å²) in [5.41, 5.74) is 3.65. The number of aromatic nitrogens is 3. The molecule has 0 fully saturated rings. The van der Waals surface area contributed by atoms with Gasteiger partial charge in [0.1, 0.15) is 5.69 Å². The normalized spacial score (nSPS) is 10.6. The van der Waals surface area contributed by atoms with E-state index >= 15 is 0 Å². The number of hydrogen-bond donors (Lipinski definition) is 0. The van der Waals surface area contributed by atoms with E-state index in [9.17, 15) is 4.79 Å². The summed E-state index contributed by atoms with van der Waals surface area (Å²) in [6.07, 6.45) is 1.84. The van der Waals surface area contributed by atoms with Gasteiger partial charge in [0.15, 0.2) is 5.78 Å². The number of hydrogen-bond acceptors (Lipinski definition) is 3. The van der Waals surface area contributed by atoms with Crippen molar-refractivity contribution < 1.29 is 4.79 Å². The van der Waals surface area contributed by atoms with E-state index in [-0.39, 0.29) is 5.78 Å². The quantitative estimate of drug-likeness (QED) is 0.529. The first kappa shape index (κ1) is 15.0. The van der Waals surface area contributed by atoms with Gasteiger partial charge in [-0.05, 0) is 12.1 Å². The third kappa shape index (κ3) is 2.97. The zero-order valence-electron chi connectivity index (χ0n) is 13.4. The number of carbonyl (C=O) groups is 1. The molecule has 0 saturated heterocycles. The lowest BCUT2D eigenvalue weighted by Crippen LogP contribution is -2.03. The minimum Gasteiger partial charge on any atom is -0.289 e. The van der Waals surface area contributed by atoms with E-state index in [1.807, 2.05) is 91.1 Å². The fourth-order valence-electron chi connectivity index (χ4n) is 2.74. The van der Waals surface area contributed by atoms with E-state index in [1.54, 1.807) is 4.68 Å². The number of benzene rings is 3. The van der Waals surface area contributed by atoms with Gasteiger partial charge in [-0.25, -0.2) is 4.68 Å². The van der Waals surface area contributed by atoms with Crippen molar-refractivity contribution in [2.24, 2.45) is 0 Å². The maximum Gasteiger partial charge on any atom is 0.193 e. The second-order valence-electron chi connectivity index (χ2n) is 5.62. The van der Waals surface area contributed by atoms with Crippen LogP contribution < -0.4 is 0 Å². The van der Waals surface area contributed by atoms with Crippen LogP contribution in [0, 0.1) is 0 Å². The van der Waals surface area contributed by atoms with Gasteiger partial charge in [-0.2, -0.15) is 0 Å². The van der Waals surface area contributed by atoms with E-state index in [0.29, 0.717) is 16.8 Å². The minimum atomic E-state index is -0.0227. The summed E-state index contributed by atoms with van der Waals surface area (Å²) < 4.78 is 1.71. The molecule has 0 saturated carbocycles. The molecule has 25 heavy (non-hydrogen) atoms. The highest BCUT2D eigenvalue weighted by Gasteiger charge is 2.16. The van der Waals surface area contributed by atoms with E-state index in [1.165, 1.54) is 0 Å². The second-order valence-corrected chi connectivity index (χ2v) is 5.62. The molecular weight excluding hydrogens is 310 g/mol. The first-order valence-corrected chi connectivity index (χ1v) is 8.00. The Morgan fingerprint density at radius 2 is 1.40 bits per heavy atom. The number of carbonyl (C=O) groups excluding carboxylic acids is 1. The van der Waals surface area contributed by atoms with Crippen molar-refractivity contribution in [1.82, 2.24) is 15.0 Å². The van der Waals surface area contributed by atoms with Gasteiger partial charge in [0.25, 0.3) is 0 Å². The van der Waals surface area contributed by atoms with E-state index in [2.05, 4.69) is 10.3 Å². The topological polar surface area (TPSA) is 47.8 Å². The molecule has 0 aliphatic carbocycles. The number of rotatable bonds is 4. The summed E-state index contributed by atoms with van der Waals surface area (Å²) in [5, 5.41) is 8.45. The molecule has 0 bridgehead atoms. The lowest BCUT2D eigenvalue weighted by Gasteiger charge is -2.06. The van der Waals surface area contributed by atoms with Crippen LogP contribution in [0.3, 0.4) is 0 Å². The highest BCUT2D eigenvalue weighted by atomic mass is 16.1. The molecule has 0 amide bonds. The Kier molecular flexibility index (Phi) is 3.92. The molecule has 0 radical (unpaired) electrons. The third-order valence-electron chi connectivity index (χ3n) is 4.00. The lowest BCUT2D eigenvalue weighted by molar-refractivity contribution is 0.103. The lowest BCUT2D eigenvalue weighted by atomic mass is 9.97. The van der Waals surface area contributed by atoms with Crippen LogP contribution in [0.15, 0.2) is 91.1 Å². The molecule has 4 nitrogen and oxygen atoms in total. The Morgan fingerprint density at radius 1 is 0.760 bits per heavy atom. The fraction of sp³-hybridized carbons (Fsp3) is 0. The van der Waals surface area contributed by atoms with Gasteiger partial charge in [-0.1, -0.05) is 78.0 Å².